The van der Waals surface area contributed by atoms with Crippen LogP contribution in [0.25, 0.3) is 11.1 Å². The number of carbonyl (C=O) groups is 3. The molecule has 2 aliphatic rings. The molecule has 1 aliphatic carbocycles. The summed E-state index contributed by atoms with van der Waals surface area (Å²) in [7, 11) is 0. The maximum absolute atomic E-state index is 13.5. The minimum atomic E-state index is -0.562. The van der Waals surface area contributed by atoms with Crippen molar-refractivity contribution in [3.8, 4) is 11.1 Å². The zero-order chi connectivity index (χ0) is 31.9. The third-order valence-electron chi connectivity index (χ3n) is 8.33. The highest BCUT2D eigenvalue weighted by molar-refractivity contribution is 7.14. The molecule has 3 heterocycles. The number of nitrogens with one attached hydrogen (secondary N) is 1. The van der Waals surface area contributed by atoms with Gasteiger partial charge in [-0.15, -0.1) is 22.7 Å². The number of anilines is 1. The van der Waals surface area contributed by atoms with E-state index in [0.717, 1.165) is 75.5 Å². The first-order valence-corrected chi connectivity index (χ1v) is 17.1. The molecule has 0 atom stereocenters. The first kappa shape index (κ1) is 31.1. The number of carbonyl (C=O) groups excluding carboxylic acids is 3. The standard InChI is InChI=1S/C35H38N4O4S2/c1-20-22(18-28(40)32-37-27-16-17-39(19-30(27)45-32)34(42)43-35(3,4)5)10-8-11-23(20)24-12-9-14-25(21(24)2)36-31(41)33-38-26-13-6-7-15-29(26)44-33/h8-12,14H,6-7,13,15-19H2,1-5H3,(H,36,41). The van der Waals surface area contributed by atoms with Crippen molar-refractivity contribution in [3.63, 3.8) is 0 Å². The summed E-state index contributed by atoms with van der Waals surface area (Å²) < 4.78 is 5.54. The van der Waals surface area contributed by atoms with Crippen molar-refractivity contribution in [1.29, 1.82) is 0 Å². The molecule has 0 fully saturated rings. The Labute approximate surface area is 271 Å². The summed E-state index contributed by atoms with van der Waals surface area (Å²) in [4.78, 5) is 52.4. The van der Waals surface area contributed by atoms with Crippen LogP contribution in [0.15, 0.2) is 36.4 Å². The fraction of sp³-hybridized carbons (Fsp3) is 0.400. The second-order valence-corrected chi connectivity index (χ2v) is 14.9. The van der Waals surface area contributed by atoms with E-state index in [0.29, 0.717) is 29.5 Å². The Kier molecular flexibility index (Phi) is 8.63. The van der Waals surface area contributed by atoms with Gasteiger partial charge in [-0.1, -0.05) is 30.3 Å². The summed E-state index contributed by atoms with van der Waals surface area (Å²) >= 11 is 2.88. The molecule has 0 radical (unpaired) electrons. The van der Waals surface area contributed by atoms with E-state index in [4.69, 9.17) is 4.74 Å². The number of hydrogen-bond acceptors (Lipinski definition) is 8. The van der Waals surface area contributed by atoms with Gasteiger partial charge in [0.25, 0.3) is 5.91 Å². The van der Waals surface area contributed by atoms with E-state index in [-0.39, 0.29) is 24.2 Å². The number of ketones is 1. The van der Waals surface area contributed by atoms with Gasteiger partial charge in [0.2, 0.25) is 0 Å². The van der Waals surface area contributed by atoms with Crippen molar-refractivity contribution in [2.75, 3.05) is 11.9 Å². The van der Waals surface area contributed by atoms with Crippen LogP contribution in [0.4, 0.5) is 10.5 Å². The minimum absolute atomic E-state index is 0.0395. The van der Waals surface area contributed by atoms with Crippen molar-refractivity contribution in [2.45, 2.75) is 85.3 Å². The molecular weight excluding hydrogens is 605 g/mol. The number of amides is 2. The SMILES string of the molecule is Cc1c(CC(=O)c2nc3c(s2)CN(C(=O)OC(C)(C)C)CC3)cccc1-c1cccc(NC(=O)c2nc3c(s2)CCCC3)c1C. The molecule has 0 saturated carbocycles. The summed E-state index contributed by atoms with van der Waals surface area (Å²) in [6.07, 6.45) is 4.72. The van der Waals surface area contributed by atoms with Crippen LogP contribution in [0.5, 0.6) is 0 Å². The maximum atomic E-state index is 13.5. The van der Waals surface area contributed by atoms with Gasteiger partial charge in [0.15, 0.2) is 15.8 Å². The Bertz CT molecular complexity index is 1780. The van der Waals surface area contributed by atoms with Crippen LogP contribution in [-0.4, -0.2) is 44.8 Å². The number of aromatic nitrogens is 2. The number of aryl methyl sites for hydroxylation is 2. The van der Waals surface area contributed by atoms with Gasteiger partial charge in [0.05, 0.1) is 17.9 Å². The summed E-state index contributed by atoms with van der Waals surface area (Å²) in [5.41, 5.74) is 7.08. The Morgan fingerprint density at radius 2 is 1.53 bits per heavy atom. The molecule has 1 N–H and O–H groups in total. The number of fused-ring (bicyclic) bond motifs is 2. The highest BCUT2D eigenvalue weighted by Crippen LogP contribution is 2.34. The Morgan fingerprint density at radius 3 is 2.29 bits per heavy atom. The molecule has 1 aliphatic heterocycles. The average Bonchev–Trinajstić information content (AvgIpc) is 3.63. The van der Waals surface area contributed by atoms with Crippen LogP contribution in [0.1, 0.15) is 91.0 Å². The topological polar surface area (TPSA) is 101 Å². The van der Waals surface area contributed by atoms with Crippen LogP contribution in [0.3, 0.4) is 0 Å². The molecule has 4 aromatic rings. The highest BCUT2D eigenvalue weighted by Gasteiger charge is 2.29. The summed E-state index contributed by atoms with van der Waals surface area (Å²) in [6.45, 7) is 10.5. The van der Waals surface area contributed by atoms with Crippen LogP contribution in [-0.2, 0) is 37.0 Å². The van der Waals surface area contributed by atoms with E-state index in [1.807, 2.05) is 65.0 Å². The van der Waals surface area contributed by atoms with Gasteiger partial charge in [-0.3, -0.25) is 9.59 Å². The molecule has 2 aromatic heterocycles. The van der Waals surface area contributed by atoms with Gasteiger partial charge < -0.3 is 15.0 Å². The van der Waals surface area contributed by atoms with E-state index < -0.39 is 5.60 Å². The number of hydrogen-bond donors (Lipinski definition) is 1. The molecule has 2 amide bonds. The fourth-order valence-corrected chi connectivity index (χ4v) is 8.01. The molecule has 0 saturated heterocycles. The van der Waals surface area contributed by atoms with Gasteiger partial charge in [-0.25, -0.2) is 14.8 Å². The molecule has 234 valence electrons. The maximum Gasteiger partial charge on any atom is 0.410 e. The lowest BCUT2D eigenvalue weighted by atomic mass is 9.91. The summed E-state index contributed by atoms with van der Waals surface area (Å²) in [6, 6.07) is 11.9. The van der Waals surface area contributed by atoms with Gasteiger partial charge in [-0.2, -0.15) is 0 Å². The number of Topliss-reactive ketones (excluding diaryl/α,β-unsaturated/α-hetero) is 1. The average molecular weight is 643 g/mol. The number of rotatable bonds is 6. The van der Waals surface area contributed by atoms with Crippen molar-refractivity contribution < 1.29 is 19.1 Å². The zero-order valence-electron chi connectivity index (χ0n) is 26.4. The lowest BCUT2D eigenvalue weighted by Crippen LogP contribution is -2.39. The van der Waals surface area contributed by atoms with Crippen LogP contribution < -0.4 is 5.32 Å². The second kappa shape index (κ2) is 12.5. The Hall–Kier alpha value is -3.89. The van der Waals surface area contributed by atoms with Gasteiger partial charge in [0.1, 0.15) is 5.60 Å². The zero-order valence-corrected chi connectivity index (χ0v) is 28.0. The van der Waals surface area contributed by atoms with Crippen LogP contribution in [0, 0.1) is 13.8 Å². The number of benzene rings is 2. The molecule has 0 unspecified atom stereocenters. The van der Waals surface area contributed by atoms with Gasteiger partial charge in [0, 0.05) is 34.8 Å². The molecule has 45 heavy (non-hydrogen) atoms. The van der Waals surface area contributed by atoms with Gasteiger partial charge >= 0.3 is 6.09 Å². The number of ether oxygens (including phenoxy) is 1. The molecular formula is C35H38N4O4S2. The minimum Gasteiger partial charge on any atom is -0.444 e. The van der Waals surface area contributed by atoms with E-state index in [1.54, 1.807) is 4.90 Å². The number of nitrogens with zero attached hydrogens (tertiary/aromatic N) is 3. The third kappa shape index (κ3) is 6.72. The lowest BCUT2D eigenvalue weighted by Gasteiger charge is -2.29. The van der Waals surface area contributed by atoms with Crippen LogP contribution in [0.2, 0.25) is 0 Å². The summed E-state index contributed by atoms with van der Waals surface area (Å²) in [5, 5.41) is 4.09. The van der Waals surface area contributed by atoms with Gasteiger partial charge in [-0.05, 0) is 94.2 Å². The molecule has 2 aromatic carbocycles. The fourth-order valence-electron chi connectivity index (χ4n) is 5.90. The van der Waals surface area contributed by atoms with Crippen molar-refractivity contribution in [3.05, 3.63) is 84.2 Å². The molecule has 10 heteroatoms. The Balaban J connectivity index is 1.17. The summed E-state index contributed by atoms with van der Waals surface area (Å²) in [5.74, 6) is -0.214. The molecule has 0 spiro atoms. The normalized spacial score (nSPS) is 14.5. The second-order valence-electron chi connectivity index (χ2n) is 12.8. The Morgan fingerprint density at radius 1 is 0.867 bits per heavy atom. The predicted octanol–water partition coefficient (Wildman–Crippen LogP) is 7.73. The monoisotopic (exact) mass is 642 g/mol. The lowest BCUT2D eigenvalue weighted by molar-refractivity contribution is 0.0225. The molecule has 0 bridgehead atoms. The van der Waals surface area contributed by atoms with Crippen molar-refractivity contribution in [1.82, 2.24) is 14.9 Å². The predicted molar refractivity (Wildman–Crippen MR) is 179 cm³/mol. The molecule has 8 nitrogen and oxygen atoms in total. The van der Waals surface area contributed by atoms with Crippen molar-refractivity contribution in [2.24, 2.45) is 0 Å². The van der Waals surface area contributed by atoms with Crippen molar-refractivity contribution >= 4 is 46.1 Å². The van der Waals surface area contributed by atoms with E-state index >= 15 is 0 Å². The third-order valence-corrected chi connectivity index (χ3v) is 10.6. The quantitative estimate of drug-likeness (QED) is 0.216. The number of thiazole rings is 2. The van der Waals surface area contributed by atoms with Crippen LogP contribution >= 0.6 is 22.7 Å². The highest BCUT2D eigenvalue weighted by atomic mass is 32.1. The first-order valence-electron chi connectivity index (χ1n) is 15.4. The smallest absolute Gasteiger partial charge is 0.410 e. The molecule has 6 rings (SSSR count). The van der Waals surface area contributed by atoms with E-state index in [2.05, 4.69) is 21.4 Å². The van der Waals surface area contributed by atoms with E-state index in [9.17, 15) is 14.4 Å². The first-order chi connectivity index (χ1) is 21.5. The largest absolute Gasteiger partial charge is 0.444 e. The van der Waals surface area contributed by atoms with E-state index in [1.165, 1.54) is 27.6 Å².